The van der Waals surface area contributed by atoms with Gasteiger partial charge in [0.2, 0.25) is 8.08 Å². The van der Waals surface area contributed by atoms with Gasteiger partial charge in [0.1, 0.15) is 15.1 Å². The molecule has 0 saturated heterocycles. The zero-order valence-corrected chi connectivity index (χ0v) is 10.8. The summed E-state index contributed by atoms with van der Waals surface area (Å²) >= 11 is 0. The first-order chi connectivity index (χ1) is 7.18. The number of nitrogens with zero attached hydrogens (tertiary/aromatic N) is 2. The highest BCUT2D eigenvalue weighted by molar-refractivity contribution is 7.51. The zero-order chi connectivity index (χ0) is 10.8. The van der Waals surface area contributed by atoms with Crippen molar-refractivity contribution in [1.29, 1.82) is 0 Å². The molecule has 1 aliphatic rings. The number of aromatic nitrogens is 3. The first-order valence-corrected chi connectivity index (χ1v) is 7.15. The normalized spacial score (nSPS) is 21.7. The van der Waals surface area contributed by atoms with E-state index in [-0.39, 0.29) is 12.4 Å². The molecule has 1 N–H and O–H groups in total. The summed E-state index contributed by atoms with van der Waals surface area (Å²) in [4.78, 5) is 17.0. The third-order valence-electron chi connectivity index (χ3n) is 1.76. The van der Waals surface area contributed by atoms with E-state index in [1.54, 1.807) is 11.2 Å². The standard InChI is InChI=1S/C6H10N3O3P3/c1-4(2)6(10)5-3-11-9-14-7-13-8-15(9)12-5/h5,14H,1,3H2,2H3,(H,7,8). The van der Waals surface area contributed by atoms with Crippen molar-refractivity contribution >= 4 is 30.9 Å². The van der Waals surface area contributed by atoms with E-state index in [1.807, 2.05) is 0 Å². The number of nitrogens with one attached hydrogen (secondary N) is 1. The Morgan fingerprint density at radius 2 is 2.67 bits per heavy atom. The highest BCUT2D eigenvalue weighted by atomic mass is 31.2. The molecule has 0 radical (unpaired) electrons. The van der Waals surface area contributed by atoms with E-state index < -0.39 is 14.2 Å². The van der Waals surface area contributed by atoms with Crippen molar-refractivity contribution in [1.82, 2.24) is 13.3 Å². The van der Waals surface area contributed by atoms with Crippen LogP contribution in [0.25, 0.3) is 0 Å². The second kappa shape index (κ2) is 4.65. The van der Waals surface area contributed by atoms with Crippen molar-refractivity contribution in [2.75, 3.05) is 6.61 Å². The summed E-state index contributed by atoms with van der Waals surface area (Å²) in [7, 11) is -0.0152. The van der Waals surface area contributed by atoms with Crippen LogP contribution in [0.15, 0.2) is 12.2 Å². The first kappa shape index (κ1) is 11.1. The summed E-state index contributed by atoms with van der Waals surface area (Å²) in [5.74, 6) is -0.106. The second-order valence-corrected chi connectivity index (χ2v) is 6.87. The molecule has 0 spiro atoms. The van der Waals surface area contributed by atoms with Gasteiger partial charge >= 0.3 is 0 Å². The van der Waals surface area contributed by atoms with Gasteiger partial charge in [-0.15, -0.1) is 4.26 Å². The Kier molecular flexibility index (Phi) is 3.45. The molecular formula is C6H10N3O3P3. The quantitative estimate of drug-likeness (QED) is 0.819. The number of carbonyl (C=O) groups excluding carboxylic acids is 1. The van der Waals surface area contributed by atoms with Crippen LogP contribution in [0.1, 0.15) is 6.92 Å². The van der Waals surface area contributed by atoms with Gasteiger partial charge in [-0.25, -0.2) is 0 Å². The summed E-state index contributed by atoms with van der Waals surface area (Å²) in [5.41, 5.74) is 0.488. The minimum absolute atomic E-state index is 0.106. The van der Waals surface area contributed by atoms with Crippen LogP contribution in [-0.2, 0) is 4.79 Å². The van der Waals surface area contributed by atoms with Crippen molar-refractivity contribution < 1.29 is 14.2 Å². The molecule has 3 unspecified atom stereocenters. The highest BCUT2D eigenvalue weighted by Gasteiger charge is 2.27. The van der Waals surface area contributed by atoms with Crippen molar-refractivity contribution in [2.24, 2.45) is 0 Å². The van der Waals surface area contributed by atoms with Crippen molar-refractivity contribution in [2.45, 2.75) is 13.0 Å². The molecule has 0 saturated carbocycles. The number of H-pyrrole nitrogens is 1. The lowest BCUT2D eigenvalue weighted by Crippen LogP contribution is -2.39. The number of rotatable bonds is 2. The molecule has 15 heavy (non-hydrogen) atoms. The third kappa shape index (κ3) is 2.41. The summed E-state index contributed by atoms with van der Waals surface area (Å²) in [5, 5.41) is 0. The molecule has 9 heteroatoms. The molecule has 3 atom stereocenters. The Balaban J connectivity index is 2.19. The summed E-state index contributed by atoms with van der Waals surface area (Å²) < 4.78 is 14.4. The van der Waals surface area contributed by atoms with Crippen LogP contribution in [0.4, 0.5) is 0 Å². The van der Waals surface area contributed by atoms with Gasteiger partial charge in [-0.1, -0.05) is 6.58 Å². The number of Topliss-reactive ketones (excluding diaryl/α,β-unsaturated/α-hetero) is 1. The SMILES string of the molecule is C=C(C)C(=O)C1COn2[pH][nH]pnp2O1. The Hall–Kier alpha value is -0.370. The molecule has 6 nitrogen and oxygen atoms in total. The van der Waals surface area contributed by atoms with Crippen LogP contribution in [0.3, 0.4) is 0 Å². The predicted octanol–water partition coefficient (Wildman–Crippen LogP) is 1.32. The van der Waals surface area contributed by atoms with Crippen LogP contribution in [0.2, 0.25) is 0 Å². The average Bonchev–Trinajstić information content (AvgIpc) is 2.27. The maximum Gasteiger partial charge on any atom is 0.232 e. The third-order valence-corrected chi connectivity index (χ3v) is 5.53. The molecule has 0 aliphatic carbocycles. The van der Waals surface area contributed by atoms with Gasteiger partial charge < -0.3 is 0 Å². The van der Waals surface area contributed by atoms with E-state index in [9.17, 15) is 4.79 Å². The van der Waals surface area contributed by atoms with Gasteiger partial charge in [0.25, 0.3) is 0 Å². The predicted molar refractivity (Wildman–Crippen MR) is 60.6 cm³/mol. The van der Waals surface area contributed by atoms with Crippen LogP contribution in [0, 0.1) is 0 Å². The number of aromatic amines is 1. The van der Waals surface area contributed by atoms with Crippen LogP contribution < -0.4 is 9.36 Å². The maximum absolute atomic E-state index is 11.6. The van der Waals surface area contributed by atoms with Gasteiger partial charge in [0.15, 0.2) is 11.9 Å². The fourth-order valence-electron chi connectivity index (χ4n) is 1.03. The average molecular weight is 265 g/mol. The van der Waals surface area contributed by atoms with Gasteiger partial charge in [-0.05, 0) is 12.5 Å². The van der Waals surface area contributed by atoms with Gasteiger partial charge in [-0.2, -0.15) is 4.51 Å². The van der Waals surface area contributed by atoms with E-state index in [1.165, 1.54) is 0 Å². The topological polar surface area (TPSA) is 69.1 Å². The Bertz CT molecular complexity index is 427. The molecule has 2 heterocycles. The number of carbonyl (C=O) groups is 1. The number of ketones is 1. The van der Waals surface area contributed by atoms with E-state index in [0.29, 0.717) is 14.1 Å². The van der Waals surface area contributed by atoms with Crippen molar-refractivity contribution in [3.8, 4) is 0 Å². The lowest BCUT2D eigenvalue weighted by molar-refractivity contribution is -0.123. The number of hydrogen-bond donors (Lipinski definition) is 1. The van der Waals surface area contributed by atoms with Crippen LogP contribution >= 0.6 is 25.1 Å². The molecule has 0 aromatic carbocycles. The summed E-state index contributed by atoms with van der Waals surface area (Å²) in [6.07, 6.45) is -0.549. The largest absolute Gasteiger partial charge is 0.300 e. The Morgan fingerprint density at radius 3 is 3.40 bits per heavy atom. The molecule has 2 rings (SSSR count). The van der Waals surface area contributed by atoms with Crippen molar-refractivity contribution in [3.05, 3.63) is 12.2 Å². The van der Waals surface area contributed by atoms with Gasteiger partial charge in [0.05, 0.1) is 0 Å². The molecule has 0 bridgehead atoms. The Labute approximate surface area is 90.7 Å². The summed E-state index contributed by atoms with van der Waals surface area (Å²) in [6, 6.07) is 0. The molecule has 0 fully saturated rings. The number of hydrogen-bond acceptors (Lipinski definition) is 4. The Morgan fingerprint density at radius 1 is 1.87 bits per heavy atom. The fraction of sp³-hybridized carbons (Fsp3) is 0.500. The van der Waals surface area contributed by atoms with Crippen LogP contribution in [0.5, 0.6) is 0 Å². The first-order valence-electron chi connectivity index (χ1n) is 4.19. The molecule has 82 valence electrons. The van der Waals surface area contributed by atoms with E-state index in [2.05, 4.69) is 15.6 Å². The number of fused-ring (bicyclic) bond motifs is 1. The lowest BCUT2D eigenvalue weighted by atomic mass is 10.1. The molecule has 1 aromatic rings. The van der Waals surface area contributed by atoms with E-state index >= 15 is 0 Å². The monoisotopic (exact) mass is 265 g/mol. The maximum atomic E-state index is 11.6. The van der Waals surface area contributed by atoms with E-state index in [0.717, 1.165) is 8.51 Å². The highest BCUT2D eigenvalue weighted by Crippen LogP contribution is 2.28. The summed E-state index contributed by atoms with van der Waals surface area (Å²) in [6.45, 7) is 5.51. The fourth-order valence-corrected chi connectivity index (χ4v) is 4.92. The minimum atomic E-state index is -1.13. The molecule has 1 aliphatic heterocycles. The van der Waals surface area contributed by atoms with Crippen LogP contribution in [-0.4, -0.2) is 31.8 Å². The molecule has 1 aromatic heterocycles. The molecular weight excluding hydrogens is 255 g/mol. The molecule has 0 amide bonds. The van der Waals surface area contributed by atoms with Crippen molar-refractivity contribution in [3.63, 3.8) is 0 Å². The van der Waals surface area contributed by atoms with E-state index in [4.69, 9.17) is 9.36 Å². The smallest absolute Gasteiger partial charge is 0.232 e. The van der Waals surface area contributed by atoms with Gasteiger partial charge in [0, 0.05) is 8.51 Å². The minimum Gasteiger partial charge on any atom is -0.300 e. The zero-order valence-electron chi connectivity index (χ0n) is 8.01. The second-order valence-electron chi connectivity index (χ2n) is 2.97. The van der Waals surface area contributed by atoms with Gasteiger partial charge in [-0.3, -0.25) is 18.7 Å². The lowest BCUT2D eigenvalue weighted by Gasteiger charge is -2.23.